The SMILES string of the molecule is CCOC(=O)c1ccccc1NC(=O)CN1CCN(Cc2ccc(F)cc2)S1(=O)=O. The maximum Gasteiger partial charge on any atom is 0.340 e. The molecule has 0 radical (unpaired) electrons. The molecule has 1 fully saturated rings. The molecule has 0 aliphatic carbocycles. The molecule has 1 aliphatic heterocycles. The van der Waals surface area contributed by atoms with E-state index in [2.05, 4.69) is 5.32 Å². The van der Waals surface area contributed by atoms with E-state index in [1.165, 1.54) is 34.6 Å². The van der Waals surface area contributed by atoms with Gasteiger partial charge in [-0.3, -0.25) is 4.79 Å². The molecule has 0 aromatic heterocycles. The fourth-order valence-electron chi connectivity index (χ4n) is 3.06. The van der Waals surface area contributed by atoms with Crippen molar-refractivity contribution in [2.75, 3.05) is 31.6 Å². The highest BCUT2D eigenvalue weighted by atomic mass is 32.2. The first kappa shape index (κ1) is 21.9. The second kappa shape index (κ2) is 9.33. The van der Waals surface area contributed by atoms with E-state index in [0.29, 0.717) is 5.56 Å². The van der Waals surface area contributed by atoms with Crippen molar-refractivity contribution in [3.8, 4) is 0 Å². The van der Waals surface area contributed by atoms with E-state index in [0.717, 1.165) is 4.31 Å². The first-order valence-electron chi connectivity index (χ1n) is 9.37. The van der Waals surface area contributed by atoms with Gasteiger partial charge in [0, 0.05) is 19.6 Å². The molecule has 3 rings (SSSR count). The summed E-state index contributed by atoms with van der Waals surface area (Å²) >= 11 is 0. The number of carbonyl (C=O) groups is 2. The molecule has 0 spiro atoms. The first-order valence-corrected chi connectivity index (χ1v) is 10.8. The van der Waals surface area contributed by atoms with E-state index >= 15 is 0 Å². The Kier molecular flexibility index (Phi) is 6.80. The summed E-state index contributed by atoms with van der Waals surface area (Å²) in [5.41, 5.74) is 1.09. The lowest BCUT2D eigenvalue weighted by atomic mass is 10.2. The molecule has 1 amide bonds. The topological polar surface area (TPSA) is 96.0 Å². The van der Waals surface area contributed by atoms with Crippen molar-refractivity contribution >= 4 is 27.8 Å². The van der Waals surface area contributed by atoms with E-state index in [-0.39, 0.29) is 44.0 Å². The Morgan fingerprint density at radius 1 is 1.07 bits per heavy atom. The number of hydrogen-bond donors (Lipinski definition) is 1. The van der Waals surface area contributed by atoms with Crippen LogP contribution in [0.4, 0.5) is 10.1 Å². The molecule has 1 aliphatic rings. The third kappa shape index (κ3) is 5.02. The zero-order chi connectivity index (χ0) is 21.7. The zero-order valence-corrected chi connectivity index (χ0v) is 17.2. The Bertz CT molecular complexity index is 1030. The number of nitrogens with zero attached hydrogens (tertiary/aromatic N) is 2. The van der Waals surface area contributed by atoms with Crippen molar-refractivity contribution in [2.24, 2.45) is 0 Å². The normalized spacial score (nSPS) is 16.3. The lowest BCUT2D eigenvalue weighted by Gasteiger charge is -2.18. The van der Waals surface area contributed by atoms with Crippen LogP contribution in [0.5, 0.6) is 0 Å². The monoisotopic (exact) mass is 435 g/mol. The standard InChI is InChI=1S/C20H22FN3O5S/c1-2-29-20(26)17-5-3-4-6-18(17)22-19(25)14-24-12-11-23(30(24,27)28)13-15-7-9-16(21)10-8-15/h3-10H,2,11-14H2,1H3,(H,22,25). The predicted octanol–water partition coefficient (Wildman–Crippen LogP) is 2.00. The molecule has 2 aromatic carbocycles. The predicted molar refractivity (Wildman–Crippen MR) is 108 cm³/mol. The van der Waals surface area contributed by atoms with Crippen molar-refractivity contribution in [3.05, 3.63) is 65.5 Å². The Morgan fingerprint density at radius 2 is 1.73 bits per heavy atom. The van der Waals surface area contributed by atoms with Gasteiger partial charge in [-0.05, 0) is 36.8 Å². The van der Waals surface area contributed by atoms with Crippen LogP contribution in [0.15, 0.2) is 48.5 Å². The summed E-state index contributed by atoms with van der Waals surface area (Å²) in [4.78, 5) is 24.5. The molecule has 30 heavy (non-hydrogen) atoms. The first-order chi connectivity index (χ1) is 14.3. The Morgan fingerprint density at radius 3 is 2.43 bits per heavy atom. The van der Waals surface area contributed by atoms with Gasteiger partial charge in [0.1, 0.15) is 5.82 Å². The van der Waals surface area contributed by atoms with Gasteiger partial charge in [0.2, 0.25) is 5.91 Å². The molecule has 2 aromatic rings. The molecule has 0 saturated carbocycles. The van der Waals surface area contributed by atoms with Gasteiger partial charge in [0.25, 0.3) is 10.2 Å². The summed E-state index contributed by atoms with van der Waals surface area (Å²) in [6, 6.07) is 11.9. The second-order valence-corrected chi connectivity index (χ2v) is 8.54. The third-order valence-corrected chi connectivity index (χ3v) is 6.47. The van der Waals surface area contributed by atoms with Crippen LogP contribution in [-0.2, 0) is 26.3 Å². The van der Waals surface area contributed by atoms with Crippen LogP contribution >= 0.6 is 0 Å². The Hall–Kier alpha value is -2.82. The summed E-state index contributed by atoms with van der Waals surface area (Å²) in [6.45, 7) is 1.93. The number of anilines is 1. The molecular formula is C20H22FN3O5S. The largest absolute Gasteiger partial charge is 0.462 e. The van der Waals surface area contributed by atoms with Crippen LogP contribution in [0.25, 0.3) is 0 Å². The maximum absolute atomic E-state index is 13.0. The number of amides is 1. The number of rotatable bonds is 7. The molecule has 160 valence electrons. The smallest absolute Gasteiger partial charge is 0.340 e. The minimum absolute atomic E-state index is 0.0897. The van der Waals surface area contributed by atoms with Gasteiger partial charge < -0.3 is 10.1 Å². The van der Waals surface area contributed by atoms with E-state index < -0.39 is 27.9 Å². The van der Waals surface area contributed by atoms with Crippen LogP contribution in [0.1, 0.15) is 22.8 Å². The molecule has 10 heteroatoms. The molecule has 1 saturated heterocycles. The molecule has 0 unspecified atom stereocenters. The number of carbonyl (C=O) groups excluding carboxylic acids is 2. The van der Waals surface area contributed by atoms with Crippen molar-refractivity contribution < 1.29 is 27.1 Å². The molecule has 0 bridgehead atoms. The number of para-hydroxylation sites is 1. The van der Waals surface area contributed by atoms with Gasteiger partial charge in [-0.15, -0.1) is 0 Å². The van der Waals surface area contributed by atoms with Gasteiger partial charge in [0.05, 0.1) is 24.4 Å². The van der Waals surface area contributed by atoms with Crippen molar-refractivity contribution in [1.82, 2.24) is 8.61 Å². The average molecular weight is 435 g/mol. The van der Waals surface area contributed by atoms with Crippen molar-refractivity contribution in [1.29, 1.82) is 0 Å². The number of halogens is 1. The summed E-state index contributed by atoms with van der Waals surface area (Å²) in [6.07, 6.45) is 0. The summed E-state index contributed by atoms with van der Waals surface area (Å²) < 4.78 is 45.8. The van der Waals surface area contributed by atoms with Crippen LogP contribution in [0.3, 0.4) is 0 Å². The van der Waals surface area contributed by atoms with Crippen LogP contribution in [0, 0.1) is 5.82 Å². The van der Waals surface area contributed by atoms with Gasteiger partial charge in [0.15, 0.2) is 0 Å². The van der Waals surface area contributed by atoms with Crippen LogP contribution < -0.4 is 5.32 Å². The minimum Gasteiger partial charge on any atom is -0.462 e. The van der Waals surface area contributed by atoms with E-state index in [4.69, 9.17) is 4.74 Å². The summed E-state index contributed by atoms with van der Waals surface area (Å²) in [5, 5.41) is 2.58. The molecule has 1 heterocycles. The number of hydrogen-bond acceptors (Lipinski definition) is 5. The Balaban J connectivity index is 1.65. The molecule has 1 N–H and O–H groups in total. The summed E-state index contributed by atoms with van der Waals surface area (Å²) in [7, 11) is -3.84. The number of nitrogens with one attached hydrogen (secondary N) is 1. The zero-order valence-electron chi connectivity index (χ0n) is 16.4. The lowest BCUT2D eigenvalue weighted by molar-refractivity contribution is -0.116. The highest BCUT2D eigenvalue weighted by Gasteiger charge is 2.37. The van der Waals surface area contributed by atoms with Crippen LogP contribution in [0.2, 0.25) is 0 Å². The Labute approximate surface area is 174 Å². The molecule has 8 nitrogen and oxygen atoms in total. The number of benzene rings is 2. The fourth-order valence-corrected chi connectivity index (χ4v) is 4.60. The van der Waals surface area contributed by atoms with Crippen molar-refractivity contribution in [2.45, 2.75) is 13.5 Å². The van der Waals surface area contributed by atoms with Crippen molar-refractivity contribution in [3.63, 3.8) is 0 Å². The second-order valence-electron chi connectivity index (χ2n) is 6.62. The van der Waals surface area contributed by atoms with E-state index in [1.807, 2.05) is 0 Å². The molecular weight excluding hydrogens is 413 g/mol. The maximum atomic E-state index is 13.0. The van der Waals surface area contributed by atoms with Gasteiger partial charge in [-0.25, -0.2) is 9.18 Å². The van der Waals surface area contributed by atoms with Crippen LogP contribution in [-0.4, -0.2) is 55.1 Å². The highest BCUT2D eigenvalue weighted by molar-refractivity contribution is 7.87. The van der Waals surface area contributed by atoms with E-state index in [9.17, 15) is 22.4 Å². The fraction of sp³-hybridized carbons (Fsp3) is 0.300. The highest BCUT2D eigenvalue weighted by Crippen LogP contribution is 2.21. The number of ether oxygens (including phenoxy) is 1. The van der Waals surface area contributed by atoms with E-state index in [1.54, 1.807) is 25.1 Å². The average Bonchev–Trinajstić information content (AvgIpc) is 2.98. The minimum atomic E-state index is -3.84. The van der Waals surface area contributed by atoms with Gasteiger partial charge >= 0.3 is 5.97 Å². The molecule has 0 atom stereocenters. The van der Waals surface area contributed by atoms with Gasteiger partial charge in [-0.2, -0.15) is 17.0 Å². The number of esters is 1. The van der Waals surface area contributed by atoms with Gasteiger partial charge in [-0.1, -0.05) is 24.3 Å². The quantitative estimate of drug-likeness (QED) is 0.671. The third-order valence-electron chi connectivity index (χ3n) is 4.54. The summed E-state index contributed by atoms with van der Waals surface area (Å²) in [5.74, 6) is -1.55. The lowest BCUT2D eigenvalue weighted by Crippen LogP contribution is -2.38.